The fourth-order valence-corrected chi connectivity index (χ4v) is 3.13. The minimum atomic E-state index is -0.936. The van der Waals surface area contributed by atoms with Crippen molar-refractivity contribution in [3.63, 3.8) is 0 Å². The van der Waals surface area contributed by atoms with E-state index < -0.39 is 12.0 Å². The Labute approximate surface area is 117 Å². The topological polar surface area (TPSA) is 69.6 Å². The molecule has 0 bridgehead atoms. The number of nitrogens with one attached hydrogen (secondary N) is 1. The van der Waals surface area contributed by atoms with Gasteiger partial charge in [-0.05, 0) is 31.0 Å². The van der Waals surface area contributed by atoms with Crippen LogP contribution in [0.1, 0.15) is 24.8 Å². The maximum atomic E-state index is 12.5. The summed E-state index contributed by atoms with van der Waals surface area (Å²) in [6.45, 7) is 0.941. The van der Waals surface area contributed by atoms with E-state index in [4.69, 9.17) is 0 Å². The van der Waals surface area contributed by atoms with Crippen LogP contribution in [0.5, 0.6) is 0 Å². The summed E-state index contributed by atoms with van der Waals surface area (Å²) in [5.41, 5.74) is 1.69. The van der Waals surface area contributed by atoms with Gasteiger partial charge in [-0.3, -0.25) is 9.69 Å². The van der Waals surface area contributed by atoms with Crippen molar-refractivity contribution in [1.82, 2.24) is 5.32 Å². The van der Waals surface area contributed by atoms with E-state index in [1.807, 2.05) is 24.3 Å². The molecule has 2 N–H and O–H groups in total. The number of carbonyl (C=O) groups excluding carboxylic acids is 1. The second kappa shape index (κ2) is 5.25. The third kappa shape index (κ3) is 2.29. The zero-order valence-corrected chi connectivity index (χ0v) is 11.2. The average Bonchev–Trinajstić information content (AvgIpc) is 3.04. The van der Waals surface area contributed by atoms with Gasteiger partial charge in [0.15, 0.2) is 0 Å². The van der Waals surface area contributed by atoms with Gasteiger partial charge in [-0.2, -0.15) is 0 Å². The fourth-order valence-electron chi connectivity index (χ4n) is 3.13. The molecule has 5 heteroatoms. The molecule has 1 saturated heterocycles. The van der Waals surface area contributed by atoms with Gasteiger partial charge >= 0.3 is 5.97 Å². The zero-order valence-electron chi connectivity index (χ0n) is 11.2. The van der Waals surface area contributed by atoms with E-state index in [2.05, 4.69) is 5.32 Å². The van der Waals surface area contributed by atoms with E-state index in [-0.39, 0.29) is 11.9 Å². The summed E-state index contributed by atoms with van der Waals surface area (Å²) in [5, 5.41) is 12.6. The van der Waals surface area contributed by atoms with Crippen LogP contribution in [0, 0.1) is 0 Å². The monoisotopic (exact) mass is 274 g/mol. The molecule has 1 amide bonds. The van der Waals surface area contributed by atoms with Crippen molar-refractivity contribution < 1.29 is 14.7 Å². The van der Waals surface area contributed by atoms with Gasteiger partial charge in [-0.1, -0.05) is 18.2 Å². The molecule has 3 rings (SSSR count). The lowest BCUT2D eigenvalue weighted by Crippen LogP contribution is -2.44. The number of fused-ring (bicyclic) bond motifs is 1. The molecule has 20 heavy (non-hydrogen) atoms. The van der Waals surface area contributed by atoms with Gasteiger partial charge in [0, 0.05) is 24.6 Å². The molecule has 0 spiro atoms. The summed E-state index contributed by atoms with van der Waals surface area (Å²) in [7, 11) is 0. The number of anilines is 1. The molecule has 0 saturated carbocycles. The minimum absolute atomic E-state index is 0.0956. The van der Waals surface area contributed by atoms with Gasteiger partial charge in [0.1, 0.15) is 6.04 Å². The lowest BCUT2D eigenvalue weighted by molar-refractivity contribution is -0.139. The maximum absolute atomic E-state index is 12.5. The normalized spacial score (nSPS) is 24.7. The van der Waals surface area contributed by atoms with Crippen molar-refractivity contribution in [3.8, 4) is 0 Å². The number of amides is 1. The molecular formula is C15H18N2O3. The molecule has 0 aliphatic carbocycles. The van der Waals surface area contributed by atoms with Crippen molar-refractivity contribution in [3.05, 3.63) is 29.8 Å². The Bertz CT molecular complexity index is 538. The van der Waals surface area contributed by atoms with Crippen LogP contribution in [0.4, 0.5) is 5.69 Å². The molecule has 106 valence electrons. The highest BCUT2D eigenvalue weighted by Gasteiger charge is 2.38. The van der Waals surface area contributed by atoms with Crippen LogP contribution in [-0.4, -0.2) is 35.6 Å². The Morgan fingerprint density at radius 3 is 2.85 bits per heavy atom. The summed E-state index contributed by atoms with van der Waals surface area (Å²) in [5.74, 6) is -1.03. The van der Waals surface area contributed by atoms with Gasteiger partial charge in [-0.15, -0.1) is 0 Å². The van der Waals surface area contributed by atoms with Crippen LogP contribution >= 0.6 is 0 Å². The number of carbonyl (C=O) groups is 2. The van der Waals surface area contributed by atoms with E-state index in [1.54, 1.807) is 0 Å². The molecule has 1 unspecified atom stereocenters. The van der Waals surface area contributed by atoms with E-state index in [0.29, 0.717) is 12.8 Å². The lowest BCUT2D eigenvalue weighted by Gasteiger charge is -2.24. The Balaban J connectivity index is 1.84. The molecule has 2 aliphatic rings. The van der Waals surface area contributed by atoms with Crippen molar-refractivity contribution in [2.45, 2.75) is 37.8 Å². The fraction of sp³-hybridized carbons (Fsp3) is 0.467. The van der Waals surface area contributed by atoms with Crippen molar-refractivity contribution in [1.29, 1.82) is 0 Å². The van der Waals surface area contributed by atoms with Crippen LogP contribution in [0.3, 0.4) is 0 Å². The highest BCUT2D eigenvalue weighted by Crippen LogP contribution is 2.33. The highest BCUT2D eigenvalue weighted by atomic mass is 16.4. The third-order valence-electron chi connectivity index (χ3n) is 4.11. The summed E-state index contributed by atoms with van der Waals surface area (Å²) in [6, 6.07) is 6.87. The van der Waals surface area contributed by atoms with Gasteiger partial charge in [-0.25, -0.2) is 4.79 Å². The number of hydrogen-bond acceptors (Lipinski definition) is 3. The first kappa shape index (κ1) is 13.1. The smallest absolute Gasteiger partial charge is 0.327 e. The quantitative estimate of drug-likeness (QED) is 0.868. The molecule has 2 heterocycles. The predicted octanol–water partition coefficient (Wildman–Crippen LogP) is 1.17. The van der Waals surface area contributed by atoms with Crippen LogP contribution < -0.4 is 10.2 Å². The molecule has 2 atom stereocenters. The van der Waals surface area contributed by atoms with Gasteiger partial charge < -0.3 is 10.4 Å². The zero-order chi connectivity index (χ0) is 14.1. The average molecular weight is 274 g/mol. The van der Waals surface area contributed by atoms with Crippen molar-refractivity contribution in [2.24, 2.45) is 0 Å². The first-order valence-electron chi connectivity index (χ1n) is 7.03. The van der Waals surface area contributed by atoms with Crippen LogP contribution in [-0.2, 0) is 16.0 Å². The second-order valence-electron chi connectivity index (χ2n) is 5.45. The van der Waals surface area contributed by atoms with Crippen LogP contribution in [0.25, 0.3) is 0 Å². The number of hydrogen-bond donors (Lipinski definition) is 2. The van der Waals surface area contributed by atoms with Gasteiger partial charge in [0.25, 0.3) is 0 Å². The lowest BCUT2D eigenvalue weighted by atomic mass is 10.1. The maximum Gasteiger partial charge on any atom is 0.327 e. The standard InChI is InChI=1S/C15H18N2O3/c18-14(9-11-5-3-7-16-11)17-12-6-2-1-4-10(12)8-13(17)15(19)20/h1-2,4,6,11,13,16H,3,5,7-9H2,(H,19,20)/t11?,13-/m0/s1. The van der Waals surface area contributed by atoms with Crippen LogP contribution in [0.2, 0.25) is 0 Å². The Morgan fingerprint density at radius 2 is 2.15 bits per heavy atom. The van der Waals surface area contributed by atoms with Crippen molar-refractivity contribution in [2.75, 3.05) is 11.4 Å². The Morgan fingerprint density at radius 1 is 1.35 bits per heavy atom. The SMILES string of the molecule is O=C(O)[C@@H]1Cc2ccccc2N1C(=O)CC1CCCN1. The molecule has 1 aromatic carbocycles. The van der Waals surface area contributed by atoms with E-state index in [9.17, 15) is 14.7 Å². The Kier molecular flexibility index (Phi) is 3.44. The first-order chi connectivity index (χ1) is 9.66. The third-order valence-corrected chi connectivity index (χ3v) is 4.11. The highest BCUT2D eigenvalue weighted by molar-refractivity contribution is 6.02. The number of aliphatic carboxylic acids is 1. The summed E-state index contributed by atoms with van der Waals surface area (Å²) in [4.78, 5) is 25.4. The van der Waals surface area contributed by atoms with Crippen LogP contribution in [0.15, 0.2) is 24.3 Å². The number of benzene rings is 1. The molecule has 1 aromatic rings. The number of nitrogens with zero attached hydrogens (tertiary/aromatic N) is 1. The largest absolute Gasteiger partial charge is 0.480 e. The second-order valence-corrected chi connectivity index (χ2v) is 5.45. The van der Waals surface area contributed by atoms with Gasteiger partial charge in [0.2, 0.25) is 5.91 Å². The molecular weight excluding hydrogens is 256 g/mol. The van der Waals surface area contributed by atoms with E-state index in [0.717, 1.165) is 30.6 Å². The summed E-state index contributed by atoms with van der Waals surface area (Å²) >= 11 is 0. The predicted molar refractivity (Wildman–Crippen MR) is 74.7 cm³/mol. The minimum Gasteiger partial charge on any atom is -0.480 e. The summed E-state index contributed by atoms with van der Waals surface area (Å²) in [6.07, 6.45) is 2.84. The molecule has 0 radical (unpaired) electrons. The first-order valence-corrected chi connectivity index (χ1v) is 7.03. The number of carboxylic acid groups (broad SMARTS) is 1. The van der Waals surface area contributed by atoms with Gasteiger partial charge in [0.05, 0.1) is 0 Å². The summed E-state index contributed by atoms with van der Waals surface area (Å²) < 4.78 is 0. The molecule has 2 aliphatic heterocycles. The number of carboxylic acids is 1. The molecule has 1 fully saturated rings. The molecule has 5 nitrogen and oxygen atoms in total. The van der Waals surface area contributed by atoms with Crippen molar-refractivity contribution >= 4 is 17.6 Å². The number of para-hydroxylation sites is 1. The van der Waals surface area contributed by atoms with E-state index in [1.165, 1.54) is 4.90 Å². The number of rotatable bonds is 3. The molecule has 0 aromatic heterocycles. The Hall–Kier alpha value is -1.88. The van der Waals surface area contributed by atoms with E-state index >= 15 is 0 Å².